The van der Waals surface area contributed by atoms with Gasteiger partial charge in [0.2, 0.25) is 12.3 Å². The predicted molar refractivity (Wildman–Crippen MR) is 137 cm³/mol. The molecule has 188 valence electrons. The molecule has 0 aliphatic rings. The van der Waals surface area contributed by atoms with E-state index >= 15 is 0 Å². The molecule has 0 aliphatic heterocycles. The van der Waals surface area contributed by atoms with Crippen LogP contribution in [0.5, 0.6) is 0 Å². The van der Waals surface area contributed by atoms with Crippen LogP contribution in [0.3, 0.4) is 0 Å². The number of hydrogen-bond donors (Lipinski definition) is 0. The molecule has 11 heteroatoms. The zero-order chi connectivity index (χ0) is 26.4. The van der Waals surface area contributed by atoms with Crippen LogP contribution in [0.2, 0.25) is 0 Å². The van der Waals surface area contributed by atoms with Crippen LogP contribution < -0.4 is 9.80 Å². The number of carbonyl (C=O) groups excluding carboxylic acids is 3. The van der Waals surface area contributed by atoms with Crippen LogP contribution in [-0.4, -0.2) is 52.2 Å². The van der Waals surface area contributed by atoms with Crippen LogP contribution in [0.4, 0.5) is 10.8 Å². The average Bonchev–Trinajstić information content (AvgIpc) is 3.44. The zero-order valence-electron chi connectivity index (χ0n) is 20.8. The largest absolute Gasteiger partial charge is 0.459 e. The van der Waals surface area contributed by atoms with Crippen molar-refractivity contribution in [1.82, 2.24) is 14.8 Å². The second kappa shape index (κ2) is 11.6. The second-order valence-corrected chi connectivity index (χ2v) is 9.48. The number of amides is 2. The Hall–Kier alpha value is -4.04. The lowest BCUT2D eigenvalue weighted by Crippen LogP contribution is -2.39. The fourth-order valence-electron chi connectivity index (χ4n) is 3.58. The van der Waals surface area contributed by atoms with Crippen molar-refractivity contribution < 1.29 is 19.1 Å². The summed E-state index contributed by atoms with van der Waals surface area (Å²) < 4.78 is 6.93. The Morgan fingerprint density at radius 2 is 2.06 bits per heavy atom. The molecule has 36 heavy (non-hydrogen) atoms. The quantitative estimate of drug-likeness (QED) is 0.302. The molecule has 0 fully saturated rings. The monoisotopic (exact) mass is 508 g/mol. The summed E-state index contributed by atoms with van der Waals surface area (Å²) in [6, 6.07) is 8.66. The van der Waals surface area contributed by atoms with Crippen molar-refractivity contribution in [2.45, 2.75) is 45.8 Å². The smallest absolute Gasteiger partial charge is 0.350 e. The van der Waals surface area contributed by atoms with Gasteiger partial charge in [-0.2, -0.15) is 10.4 Å². The highest BCUT2D eigenvalue weighted by atomic mass is 32.1. The van der Waals surface area contributed by atoms with Crippen molar-refractivity contribution in [3.8, 4) is 17.2 Å². The van der Waals surface area contributed by atoms with E-state index in [0.717, 1.165) is 22.5 Å². The molecule has 3 aromatic rings. The number of ether oxygens (including phenoxy) is 1. The second-order valence-electron chi connectivity index (χ2n) is 8.50. The maximum atomic E-state index is 13.2. The van der Waals surface area contributed by atoms with Crippen LogP contribution in [0, 0.1) is 18.3 Å². The minimum atomic E-state index is -0.696. The molecule has 0 bridgehead atoms. The third kappa shape index (κ3) is 6.14. The van der Waals surface area contributed by atoms with Gasteiger partial charge in [-0.3, -0.25) is 19.2 Å². The van der Waals surface area contributed by atoms with Gasteiger partial charge in [0, 0.05) is 38.0 Å². The highest BCUT2D eigenvalue weighted by Crippen LogP contribution is 2.29. The lowest BCUT2D eigenvalue weighted by Gasteiger charge is -2.28. The number of rotatable bonds is 10. The van der Waals surface area contributed by atoms with Crippen molar-refractivity contribution in [2.75, 3.05) is 16.8 Å². The Labute approximate surface area is 213 Å². The number of esters is 1. The number of anilines is 2. The fourth-order valence-corrected chi connectivity index (χ4v) is 4.50. The number of carbonyl (C=O) groups is 3. The van der Waals surface area contributed by atoms with E-state index in [1.807, 2.05) is 31.4 Å². The molecule has 0 N–H and O–H groups in total. The van der Waals surface area contributed by atoms with E-state index in [-0.39, 0.29) is 24.9 Å². The Balaban J connectivity index is 1.81. The third-order valence-corrected chi connectivity index (χ3v) is 6.62. The van der Waals surface area contributed by atoms with Gasteiger partial charge >= 0.3 is 5.97 Å². The van der Waals surface area contributed by atoms with Gasteiger partial charge in [0.15, 0.2) is 5.13 Å². The van der Waals surface area contributed by atoms with Crippen LogP contribution in [0.15, 0.2) is 36.7 Å². The van der Waals surface area contributed by atoms with Gasteiger partial charge in [0.1, 0.15) is 4.88 Å². The summed E-state index contributed by atoms with van der Waals surface area (Å²) in [7, 11) is 3.37. The van der Waals surface area contributed by atoms with Crippen molar-refractivity contribution in [2.24, 2.45) is 7.05 Å². The maximum Gasteiger partial charge on any atom is 0.350 e. The Bertz CT molecular complexity index is 1290. The SMILES string of the molecule is Cc1nc(N(C)C(=O)C[C@@H](CC#N)N(C=O)c2cccc(-c3cnn(C)c3)c2)sc1C(=O)OC(C)C. The minimum Gasteiger partial charge on any atom is -0.459 e. The molecule has 2 amide bonds. The first kappa shape index (κ1) is 26.6. The van der Waals surface area contributed by atoms with Crippen LogP contribution in [0.25, 0.3) is 11.1 Å². The highest BCUT2D eigenvalue weighted by molar-refractivity contribution is 7.17. The van der Waals surface area contributed by atoms with Gasteiger partial charge in [-0.25, -0.2) is 9.78 Å². The lowest BCUT2D eigenvalue weighted by molar-refractivity contribution is -0.118. The Morgan fingerprint density at radius 3 is 2.67 bits per heavy atom. The number of aromatic nitrogens is 3. The number of aryl methyl sites for hydroxylation is 2. The summed E-state index contributed by atoms with van der Waals surface area (Å²) in [5, 5.41) is 13.9. The number of hydrogen-bond acceptors (Lipinski definition) is 8. The van der Waals surface area contributed by atoms with E-state index in [4.69, 9.17) is 4.74 Å². The molecule has 0 radical (unpaired) electrons. The molecule has 0 saturated heterocycles. The fraction of sp³-hybridized carbons (Fsp3) is 0.360. The van der Waals surface area contributed by atoms with E-state index in [2.05, 4.69) is 16.2 Å². The topological polar surface area (TPSA) is 121 Å². The summed E-state index contributed by atoms with van der Waals surface area (Å²) in [5.74, 6) is -0.835. The first-order valence-corrected chi connectivity index (χ1v) is 12.1. The molecular weight excluding hydrogens is 480 g/mol. The Kier molecular flexibility index (Phi) is 8.55. The summed E-state index contributed by atoms with van der Waals surface area (Å²) in [4.78, 5) is 45.0. The molecule has 0 saturated carbocycles. The first-order chi connectivity index (χ1) is 17.1. The number of nitriles is 1. The van der Waals surface area contributed by atoms with Gasteiger partial charge in [-0.15, -0.1) is 0 Å². The van der Waals surface area contributed by atoms with E-state index < -0.39 is 12.0 Å². The standard InChI is InChI=1S/C25H28N6O4S/c1-16(2)35-24(34)23-17(3)28-25(36-23)30(5)22(33)12-21(9-10-26)31(15-32)20-8-6-7-18(11-20)19-13-27-29(4)14-19/h6-8,11,13-16,21H,9,12H2,1-5H3/t21-/m1/s1. The molecule has 2 heterocycles. The molecule has 0 unspecified atom stereocenters. The molecule has 2 aromatic heterocycles. The summed E-state index contributed by atoms with van der Waals surface area (Å²) in [6.45, 7) is 5.19. The molecule has 10 nitrogen and oxygen atoms in total. The molecular formula is C25H28N6O4S. The van der Waals surface area contributed by atoms with Crippen molar-refractivity contribution in [3.05, 3.63) is 47.2 Å². The maximum absolute atomic E-state index is 13.2. The van der Waals surface area contributed by atoms with Gasteiger partial charge in [0.25, 0.3) is 0 Å². The molecule has 1 aromatic carbocycles. The Morgan fingerprint density at radius 1 is 1.31 bits per heavy atom. The van der Waals surface area contributed by atoms with E-state index in [0.29, 0.717) is 27.8 Å². The molecule has 3 rings (SSSR count). The summed E-state index contributed by atoms with van der Waals surface area (Å²) in [6.07, 6.45) is 3.78. The average molecular weight is 509 g/mol. The number of nitrogens with zero attached hydrogens (tertiary/aromatic N) is 6. The zero-order valence-corrected chi connectivity index (χ0v) is 21.7. The van der Waals surface area contributed by atoms with Crippen molar-refractivity contribution in [1.29, 1.82) is 5.26 Å². The summed E-state index contributed by atoms with van der Waals surface area (Å²) >= 11 is 1.06. The van der Waals surface area contributed by atoms with Crippen molar-refractivity contribution in [3.63, 3.8) is 0 Å². The third-order valence-electron chi connectivity index (χ3n) is 5.40. The van der Waals surface area contributed by atoms with Gasteiger partial charge in [0.05, 0.1) is 36.5 Å². The number of thiazole rings is 1. The van der Waals surface area contributed by atoms with E-state index in [1.165, 1.54) is 9.80 Å². The minimum absolute atomic E-state index is 0.0434. The van der Waals surface area contributed by atoms with Crippen molar-refractivity contribution >= 4 is 40.4 Å². The lowest BCUT2D eigenvalue weighted by atomic mass is 10.1. The highest BCUT2D eigenvalue weighted by Gasteiger charge is 2.27. The van der Waals surface area contributed by atoms with E-state index in [1.54, 1.807) is 44.8 Å². The molecule has 0 aliphatic carbocycles. The van der Waals surface area contributed by atoms with Gasteiger partial charge in [-0.1, -0.05) is 23.5 Å². The molecule has 1 atom stereocenters. The molecule has 0 spiro atoms. The summed E-state index contributed by atoms with van der Waals surface area (Å²) in [5.41, 5.74) is 2.76. The first-order valence-electron chi connectivity index (χ1n) is 11.3. The predicted octanol–water partition coefficient (Wildman–Crippen LogP) is 3.72. The number of benzene rings is 1. The van der Waals surface area contributed by atoms with Crippen LogP contribution in [0.1, 0.15) is 42.1 Å². The van der Waals surface area contributed by atoms with Crippen LogP contribution in [-0.2, 0) is 21.4 Å². The van der Waals surface area contributed by atoms with Crippen LogP contribution >= 0.6 is 11.3 Å². The van der Waals surface area contributed by atoms with Gasteiger partial charge in [-0.05, 0) is 38.5 Å². The van der Waals surface area contributed by atoms with E-state index in [9.17, 15) is 19.6 Å². The normalized spacial score (nSPS) is 11.6. The van der Waals surface area contributed by atoms with Gasteiger partial charge < -0.3 is 9.64 Å².